The van der Waals surface area contributed by atoms with Crippen LogP contribution in [0.5, 0.6) is 11.5 Å². The number of ether oxygens (including phenoxy) is 2. The Morgan fingerprint density at radius 2 is 1.70 bits per heavy atom. The van der Waals surface area contributed by atoms with Crippen LogP contribution in [0, 0.1) is 0 Å². The van der Waals surface area contributed by atoms with Crippen molar-refractivity contribution in [3.05, 3.63) is 60.2 Å². The molecule has 3 aliphatic heterocycles. The summed E-state index contributed by atoms with van der Waals surface area (Å²) in [6.45, 7) is 5.31. The summed E-state index contributed by atoms with van der Waals surface area (Å²) in [4.78, 5) is 33.3. The number of carbonyl (C=O) groups is 2. The molecule has 0 bridgehead atoms. The van der Waals surface area contributed by atoms with Gasteiger partial charge in [-0.05, 0) is 17.7 Å². The molecule has 0 radical (unpaired) electrons. The first-order valence-electron chi connectivity index (χ1n) is 11.4. The SMILES string of the molecule is O=C(CN1CCN(c2ccc3c(c2)OCO3)C1=O)N1CCN(C/C=C/c2ccccc2)CC1. The summed E-state index contributed by atoms with van der Waals surface area (Å²) in [5.74, 6) is 1.34. The van der Waals surface area contributed by atoms with E-state index in [1.165, 1.54) is 5.56 Å². The Morgan fingerprint density at radius 3 is 2.52 bits per heavy atom. The summed E-state index contributed by atoms with van der Waals surface area (Å²) < 4.78 is 10.8. The molecule has 0 spiro atoms. The molecule has 0 aliphatic carbocycles. The molecule has 5 rings (SSSR count). The largest absolute Gasteiger partial charge is 0.454 e. The minimum Gasteiger partial charge on any atom is -0.454 e. The van der Waals surface area contributed by atoms with Crippen molar-refractivity contribution in [1.82, 2.24) is 14.7 Å². The van der Waals surface area contributed by atoms with Gasteiger partial charge in [0.25, 0.3) is 0 Å². The van der Waals surface area contributed by atoms with Crippen LogP contribution in [0.15, 0.2) is 54.6 Å². The van der Waals surface area contributed by atoms with Gasteiger partial charge in [-0.2, -0.15) is 0 Å². The highest BCUT2D eigenvalue weighted by atomic mass is 16.7. The molecule has 172 valence electrons. The van der Waals surface area contributed by atoms with Crippen molar-refractivity contribution in [3.8, 4) is 11.5 Å². The lowest BCUT2D eigenvalue weighted by atomic mass is 10.2. The monoisotopic (exact) mass is 448 g/mol. The van der Waals surface area contributed by atoms with Gasteiger partial charge >= 0.3 is 6.03 Å². The van der Waals surface area contributed by atoms with E-state index in [1.54, 1.807) is 9.80 Å². The summed E-state index contributed by atoms with van der Waals surface area (Å²) in [6, 6.07) is 15.6. The molecule has 33 heavy (non-hydrogen) atoms. The lowest BCUT2D eigenvalue weighted by Crippen LogP contribution is -2.51. The second-order valence-corrected chi connectivity index (χ2v) is 8.39. The fraction of sp³-hybridized carbons (Fsp3) is 0.360. The van der Waals surface area contributed by atoms with Crippen molar-refractivity contribution in [1.29, 1.82) is 0 Å². The third-order valence-corrected chi connectivity index (χ3v) is 6.29. The van der Waals surface area contributed by atoms with E-state index in [9.17, 15) is 9.59 Å². The minimum atomic E-state index is -0.146. The van der Waals surface area contributed by atoms with Crippen LogP contribution >= 0.6 is 0 Å². The van der Waals surface area contributed by atoms with Gasteiger partial charge in [0.05, 0.1) is 0 Å². The predicted octanol–water partition coefficient (Wildman–Crippen LogP) is 2.51. The first-order chi connectivity index (χ1) is 16.2. The molecule has 0 aromatic heterocycles. The molecule has 2 fully saturated rings. The number of nitrogens with zero attached hydrogens (tertiary/aromatic N) is 4. The van der Waals surface area contributed by atoms with Crippen LogP contribution in [0.25, 0.3) is 6.08 Å². The summed E-state index contributed by atoms with van der Waals surface area (Å²) in [5.41, 5.74) is 1.95. The molecule has 3 aliphatic rings. The third-order valence-electron chi connectivity index (χ3n) is 6.29. The van der Waals surface area contributed by atoms with Crippen molar-refractivity contribution in [2.45, 2.75) is 0 Å². The highest BCUT2D eigenvalue weighted by Crippen LogP contribution is 2.36. The number of carbonyl (C=O) groups excluding carboxylic acids is 2. The Balaban J connectivity index is 1.09. The molecule has 0 atom stereocenters. The number of benzene rings is 2. The van der Waals surface area contributed by atoms with E-state index in [0.717, 1.165) is 25.3 Å². The third kappa shape index (κ3) is 4.80. The smallest absolute Gasteiger partial charge is 0.325 e. The summed E-state index contributed by atoms with van der Waals surface area (Å²) >= 11 is 0. The van der Waals surface area contributed by atoms with Gasteiger partial charge in [-0.15, -0.1) is 0 Å². The molecule has 8 heteroatoms. The van der Waals surface area contributed by atoms with Gasteiger partial charge in [0.2, 0.25) is 12.7 Å². The lowest BCUT2D eigenvalue weighted by Gasteiger charge is -2.35. The number of hydrogen-bond acceptors (Lipinski definition) is 5. The number of fused-ring (bicyclic) bond motifs is 1. The van der Waals surface area contributed by atoms with E-state index in [4.69, 9.17) is 9.47 Å². The van der Waals surface area contributed by atoms with Crippen LogP contribution in [0.3, 0.4) is 0 Å². The number of urea groups is 1. The molecule has 2 aromatic carbocycles. The maximum atomic E-state index is 12.9. The molecular weight excluding hydrogens is 420 g/mol. The molecule has 8 nitrogen and oxygen atoms in total. The maximum absolute atomic E-state index is 12.9. The first kappa shape index (κ1) is 21.3. The van der Waals surface area contributed by atoms with Crippen LogP contribution in [-0.4, -0.2) is 85.8 Å². The van der Waals surface area contributed by atoms with Gasteiger partial charge in [-0.25, -0.2) is 4.79 Å². The van der Waals surface area contributed by atoms with Gasteiger partial charge in [-0.3, -0.25) is 14.6 Å². The normalized spacial score (nSPS) is 18.5. The van der Waals surface area contributed by atoms with Crippen LogP contribution in [-0.2, 0) is 4.79 Å². The molecule has 0 unspecified atom stereocenters. The quantitative estimate of drug-likeness (QED) is 0.680. The maximum Gasteiger partial charge on any atom is 0.325 e. The van der Waals surface area contributed by atoms with Crippen LogP contribution in [0.2, 0.25) is 0 Å². The van der Waals surface area contributed by atoms with E-state index in [-0.39, 0.29) is 25.3 Å². The lowest BCUT2D eigenvalue weighted by molar-refractivity contribution is -0.133. The summed E-state index contributed by atoms with van der Waals surface area (Å²) in [6.07, 6.45) is 4.29. The Hall–Kier alpha value is -3.52. The average Bonchev–Trinajstić information content (AvgIpc) is 3.46. The molecule has 2 aromatic rings. The number of amides is 3. The second-order valence-electron chi connectivity index (χ2n) is 8.39. The number of rotatable bonds is 6. The molecule has 3 heterocycles. The average molecular weight is 449 g/mol. The highest BCUT2D eigenvalue weighted by Gasteiger charge is 2.33. The fourth-order valence-electron chi connectivity index (χ4n) is 4.37. The Morgan fingerprint density at radius 1 is 0.909 bits per heavy atom. The highest BCUT2D eigenvalue weighted by molar-refractivity contribution is 5.96. The zero-order valence-electron chi connectivity index (χ0n) is 18.6. The van der Waals surface area contributed by atoms with Gasteiger partial charge in [0.1, 0.15) is 6.54 Å². The number of piperazine rings is 1. The molecule has 3 amide bonds. The van der Waals surface area contributed by atoms with Crippen molar-refractivity contribution in [3.63, 3.8) is 0 Å². The van der Waals surface area contributed by atoms with Crippen molar-refractivity contribution in [2.24, 2.45) is 0 Å². The van der Waals surface area contributed by atoms with Crippen LogP contribution in [0.4, 0.5) is 10.5 Å². The van der Waals surface area contributed by atoms with E-state index >= 15 is 0 Å². The second kappa shape index (κ2) is 9.54. The Bertz CT molecular complexity index is 1030. The first-order valence-corrected chi connectivity index (χ1v) is 11.4. The molecule has 0 saturated carbocycles. The van der Waals surface area contributed by atoms with E-state index in [1.807, 2.05) is 41.3 Å². The Kier molecular flexibility index (Phi) is 6.17. The standard InChI is InChI=1S/C25H28N4O4/c30-24(27-13-11-26(12-14-27)10-4-7-20-5-2-1-3-6-20)18-28-15-16-29(25(28)31)21-8-9-22-23(17-21)33-19-32-22/h1-9,17H,10-16,18-19H2/b7-4+. The fourth-order valence-corrected chi connectivity index (χ4v) is 4.37. The summed E-state index contributed by atoms with van der Waals surface area (Å²) in [5, 5.41) is 0. The predicted molar refractivity (Wildman–Crippen MR) is 125 cm³/mol. The van der Waals surface area contributed by atoms with E-state index < -0.39 is 0 Å². The minimum absolute atomic E-state index is 0.00960. The molecule has 0 N–H and O–H groups in total. The number of hydrogen-bond donors (Lipinski definition) is 0. The summed E-state index contributed by atoms with van der Waals surface area (Å²) in [7, 11) is 0. The van der Waals surface area contributed by atoms with Gasteiger partial charge in [0, 0.05) is 57.6 Å². The zero-order chi connectivity index (χ0) is 22.6. The van der Waals surface area contributed by atoms with Crippen molar-refractivity contribution in [2.75, 3.05) is 64.1 Å². The van der Waals surface area contributed by atoms with E-state index in [0.29, 0.717) is 37.7 Å². The van der Waals surface area contributed by atoms with Gasteiger partial charge in [-0.1, -0.05) is 42.5 Å². The van der Waals surface area contributed by atoms with Crippen molar-refractivity contribution >= 4 is 23.7 Å². The Labute approximate surface area is 193 Å². The molecular formula is C25H28N4O4. The van der Waals surface area contributed by atoms with Crippen LogP contribution < -0.4 is 14.4 Å². The zero-order valence-corrected chi connectivity index (χ0v) is 18.6. The van der Waals surface area contributed by atoms with Gasteiger partial charge in [0.15, 0.2) is 11.5 Å². The van der Waals surface area contributed by atoms with Crippen LogP contribution in [0.1, 0.15) is 5.56 Å². The topological polar surface area (TPSA) is 65.6 Å². The van der Waals surface area contributed by atoms with E-state index in [2.05, 4.69) is 29.2 Å². The van der Waals surface area contributed by atoms with Gasteiger partial charge < -0.3 is 19.3 Å². The number of anilines is 1. The van der Waals surface area contributed by atoms with Crippen molar-refractivity contribution < 1.29 is 19.1 Å². The molecule has 2 saturated heterocycles.